The van der Waals surface area contributed by atoms with Crippen LogP contribution in [0.5, 0.6) is 0 Å². The number of allylic oxidation sites excluding steroid dienone is 1. The summed E-state index contributed by atoms with van der Waals surface area (Å²) in [5.74, 6) is -0.889. The lowest BCUT2D eigenvalue weighted by Crippen LogP contribution is -1.95. The average molecular weight is 280 g/mol. The van der Waals surface area contributed by atoms with E-state index in [-0.39, 0.29) is 23.5 Å². The molecule has 1 unspecified atom stereocenters. The highest BCUT2D eigenvalue weighted by Crippen LogP contribution is 2.29. The van der Waals surface area contributed by atoms with E-state index < -0.39 is 11.9 Å². The first-order chi connectivity index (χ1) is 8.66. The SMILES string of the molecule is FC(F)=C(F)CCSc1nnc(C2CCCO2)o1. The summed E-state index contributed by atoms with van der Waals surface area (Å²) in [4.78, 5) is 0. The average Bonchev–Trinajstić information content (AvgIpc) is 2.98. The van der Waals surface area contributed by atoms with E-state index >= 15 is 0 Å². The molecule has 1 aliphatic rings. The summed E-state index contributed by atoms with van der Waals surface area (Å²) in [5.41, 5.74) is 0. The standard InChI is InChI=1S/C10H11F3N2O2S/c11-6(8(12)13)3-5-18-10-15-14-9(17-10)7-2-1-4-16-7/h7H,1-5H2. The van der Waals surface area contributed by atoms with Crippen LogP contribution in [0, 0.1) is 0 Å². The Bertz CT molecular complexity index is 429. The molecule has 1 aromatic heterocycles. The lowest BCUT2D eigenvalue weighted by molar-refractivity contribution is 0.0861. The summed E-state index contributed by atoms with van der Waals surface area (Å²) in [6, 6.07) is 0. The monoisotopic (exact) mass is 280 g/mol. The second-order valence-corrected chi connectivity index (χ2v) is 4.72. The minimum atomic E-state index is -2.28. The van der Waals surface area contributed by atoms with Gasteiger partial charge in [0.2, 0.25) is 5.89 Å². The van der Waals surface area contributed by atoms with Gasteiger partial charge in [-0.2, -0.15) is 8.78 Å². The number of aromatic nitrogens is 2. The van der Waals surface area contributed by atoms with Crippen LogP contribution in [0.4, 0.5) is 13.2 Å². The van der Waals surface area contributed by atoms with Crippen LogP contribution in [0.25, 0.3) is 0 Å². The molecular formula is C10H11F3N2O2S. The molecule has 0 N–H and O–H groups in total. The molecular weight excluding hydrogens is 269 g/mol. The molecule has 0 aliphatic carbocycles. The van der Waals surface area contributed by atoms with E-state index in [4.69, 9.17) is 9.15 Å². The van der Waals surface area contributed by atoms with Crippen LogP contribution < -0.4 is 0 Å². The molecule has 4 nitrogen and oxygen atoms in total. The normalized spacial score (nSPS) is 19.2. The van der Waals surface area contributed by atoms with Crippen LogP contribution >= 0.6 is 11.8 Å². The van der Waals surface area contributed by atoms with Gasteiger partial charge >= 0.3 is 6.08 Å². The molecule has 0 spiro atoms. The Hall–Kier alpha value is -1.02. The predicted octanol–water partition coefficient (Wildman–Crippen LogP) is 3.48. The van der Waals surface area contributed by atoms with Crippen LogP contribution in [0.15, 0.2) is 21.5 Å². The van der Waals surface area contributed by atoms with Crippen molar-refractivity contribution in [3.05, 3.63) is 17.8 Å². The third-order valence-corrected chi connectivity index (χ3v) is 3.20. The zero-order chi connectivity index (χ0) is 13.0. The molecule has 2 rings (SSSR count). The summed E-state index contributed by atoms with van der Waals surface area (Å²) >= 11 is 1.04. The van der Waals surface area contributed by atoms with Crippen molar-refractivity contribution < 1.29 is 22.3 Å². The molecule has 1 fully saturated rings. The van der Waals surface area contributed by atoms with Crippen molar-refractivity contribution in [3.8, 4) is 0 Å². The van der Waals surface area contributed by atoms with Crippen molar-refractivity contribution >= 4 is 11.8 Å². The Labute approximate surface area is 106 Å². The maximum atomic E-state index is 12.5. The van der Waals surface area contributed by atoms with Gasteiger partial charge in [0.15, 0.2) is 5.83 Å². The van der Waals surface area contributed by atoms with E-state index in [0.29, 0.717) is 12.5 Å². The Morgan fingerprint density at radius 3 is 2.83 bits per heavy atom. The van der Waals surface area contributed by atoms with Crippen LogP contribution in [0.2, 0.25) is 0 Å². The summed E-state index contributed by atoms with van der Waals surface area (Å²) in [6.07, 6.45) is -1.03. The number of rotatable bonds is 5. The van der Waals surface area contributed by atoms with E-state index in [1.54, 1.807) is 0 Å². The fraction of sp³-hybridized carbons (Fsp3) is 0.600. The highest BCUT2D eigenvalue weighted by atomic mass is 32.2. The van der Waals surface area contributed by atoms with Gasteiger partial charge in [-0.1, -0.05) is 11.8 Å². The van der Waals surface area contributed by atoms with Crippen molar-refractivity contribution in [2.24, 2.45) is 0 Å². The van der Waals surface area contributed by atoms with E-state index in [9.17, 15) is 13.2 Å². The lowest BCUT2D eigenvalue weighted by atomic mass is 10.2. The Balaban J connectivity index is 1.82. The van der Waals surface area contributed by atoms with Gasteiger partial charge in [-0.05, 0) is 12.8 Å². The molecule has 18 heavy (non-hydrogen) atoms. The number of hydrogen-bond donors (Lipinski definition) is 0. The zero-order valence-corrected chi connectivity index (χ0v) is 10.2. The smallest absolute Gasteiger partial charge is 0.301 e. The van der Waals surface area contributed by atoms with E-state index in [1.807, 2.05) is 0 Å². The first-order valence-corrected chi connectivity index (χ1v) is 6.43. The Morgan fingerprint density at radius 2 is 2.17 bits per heavy atom. The summed E-state index contributed by atoms with van der Waals surface area (Å²) < 4.78 is 46.7. The molecule has 1 aromatic rings. The fourth-order valence-electron chi connectivity index (χ4n) is 1.50. The van der Waals surface area contributed by atoms with E-state index in [1.165, 1.54) is 0 Å². The van der Waals surface area contributed by atoms with Gasteiger partial charge in [0, 0.05) is 18.8 Å². The maximum Gasteiger partial charge on any atom is 0.301 e. The topological polar surface area (TPSA) is 48.2 Å². The predicted molar refractivity (Wildman–Crippen MR) is 57.9 cm³/mol. The molecule has 1 aliphatic heterocycles. The van der Waals surface area contributed by atoms with Gasteiger partial charge < -0.3 is 9.15 Å². The maximum absolute atomic E-state index is 12.5. The lowest BCUT2D eigenvalue weighted by Gasteiger charge is -2.01. The van der Waals surface area contributed by atoms with Gasteiger partial charge in [-0.25, -0.2) is 4.39 Å². The molecule has 1 atom stereocenters. The van der Waals surface area contributed by atoms with Crippen molar-refractivity contribution in [2.45, 2.75) is 30.6 Å². The van der Waals surface area contributed by atoms with Gasteiger partial charge in [0.1, 0.15) is 6.10 Å². The number of hydrogen-bond acceptors (Lipinski definition) is 5. The van der Waals surface area contributed by atoms with Crippen molar-refractivity contribution in [3.63, 3.8) is 0 Å². The van der Waals surface area contributed by atoms with Crippen molar-refractivity contribution in [1.29, 1.82) is 0 Å². The molecule has 0 aromatic carbocycles. The van der Waals surface area contributed by atoms with Crippen LogP contribution in [-0.2, 0) is 4.74 Å². The molecule has 0 saturated carbocycles. The van der Waals surface area contributed by atoms with Crippen molar-refractivity contribution in [2.75, 3.05) is 12.4 Å². The number of thioether (sulfide) groups is 1. The van der Waals surface area contributed by atoms with E-state index in [2.05, 4.69) is 10.2 Å². The highest BCUT2D eigenvalue weighted by molar-refractivity contribution is 7.99. The Morgan fingerprint density at radius 1 is 1.33 bits per heavy atom. The first-order valence-electron chi connectivity index (χ1n) is 5.44. The second-order valence-electron chi connectivity index (χ2n) is 3.67. The van der Waals surface area contributed by atoms with Gasteiger partial charge in [0.25, 0.3) is 5.22 Å². The molecule has 100 valence electrons. The third-order valence-electron chi connectivity index (χ3n) is 2.38. The largest absolute Gasteiger partial charge is 0.413 e. The number of halogens is 3. The molecule has 2 heterocycles. The van der Waals surface area contributed by atoms with Gasteiger partial charge in [-0.3, -0.25) is 0 Å². The third kappa shape index (κ3) is 3.49. The number of ether oxygens (including phenoxy) is 1. The molecule has 8 heteroatoms. The van der Waals surface area contributed by atoms with Crippen LogP contribution in [-0.4, -0.2) is 22.6 Å². The minimum absolute atomic E-state index is 0.121. The second kappa shape index (κ2) is 6.24. The highest BCUT2D eigenvalue weighted by Gasteiger charge is 2.23. The molecule has 0 radical (unpaired) electrons. The minimum Gasteiger partial charge on any atom is -0.413 e. The quantitative estimate of drug-likeness (QED) is 0.773. The van der Waals surface area contributed by atoms with Crippen molar-refractivity contribution in [1.82, 2.24) is 10.2 Å². The zero-order valence-electron chi connectivity index (χ0n) is 9.37. The fourth-order valence-corrected chi connectivity index (χ4v) is 2.20. The van der Waals surface area contributed by atoms with Gasteiger partial charge in [0.05, 0.1) is 0 Å². The van der Waals surface area contributed by atoms with E-state index in [0.717, 1.165) is 24.6 Å². The number of nitrogens with zero attached hydrogens (tertiary/aromatic N) is 2. The summed E-state index contributed by atoms with van der Waals surface area (Å²) in [6.45, 7) is 0.668. The summed E-state index contributed by atoms with van der Waals surface area (Å²) in [7, 11) is 0. The van der Waals surface area contributed by atoms with Crippen LogP contribution in [0.1, 0.15) is 31.3 Å². The Kier molecular flexibility index (Phi) is 4.65. The first kappa shape index (κ1) is 13.4. The van der Waals surface area contributed by atoms with Crippen LogP contribution in [0.3, 0.4) is 0 Å². The molecule has 0 bridgehead atoms. The van der Waals surface area contributed by atoms with Gasteiger partial charge in [-0.15, -0.1) is 10.2 Å². The molecule has 0 amide bonds. The summed E-state index contributed by atoms with van der Waals surface area (Å²) in [5, 5.41) is 7.80. The molecule has 1 saturated heterocycles.